The van der Waals surface area contributed by atoms with Gasteiger partial charge in [0, 0.05) is 13.7 Å². The highest BCUT2D eigenvalue weighted by atomic mass is 127. The van der Waals surface area contributed by atoms with Crippen molar-refractivity contribution in [2.24, 2.45) is 0 Å². The van der Waals surface area contributed by atoms with Gasteiger partial charge in [-0.05, 0) is 108 Å². The number of hydrogen-bond acceptors (Lipinski definition) is 6. The Morgan fingerprint density at radius 1 is 1.27 bits per heavy atom. The monoisotopic (exact) mass is 666 g/mol. The summed E-state index contributed by atoms with van der Waals surface area (Å²) >= 11 is 9.48. The quantitative estimate of drug-likeness (QED) is 0.336. The van der Waals surface area contributed by atoms with Gasteiger partial charge in [-0.25, -0.2) is 0 Å². The lowest BCUT2D eigenvalue weighted by molar-refractivity contribution is -0.127. The van der Waals surface area contributed by atoms with Gasteiger partial charge in [0.05, 0.1) is 16.5 Å². The van der Waals surface area contributed by atoms with E-state index in [4.69, 9.17) is 4.74 Å². The predicted octanol–water partition coefficient (Wildman–Crippen LogP) is 5.21. The van der Waals surface area contributed by atoms with Crippen molar-refractivity contribution >= 4 is 95.0 Å². The van der Waals surface area contributed by atoms with Gasteiger partial charge in [-0.1, -0.05) is 0 Å². The molecule has 0 saturated carbocycles. The molecule has 1 aliphatic heterocycles. The number of ether oxygens (including phenoxy) is 1. The van der Waals surface area contributed by atoms with Crippen LogP contribution in [-0.2, 0) is 9.59 Å². The summed E-state index contributed by atoms with van der Waals surface area (Å²) in [5, 5.41) is 12.2. The Kier molecular flexibility index (Phi) is 7.47. The van der Waals surface area contributed by atoms with Crippen LogP contribution in [0.15, 0.2) is 44.2 Å². The van der Waals surface area contributed by atoms with Crippen LogP contribution in [0.1, 0.15) is 5.56 Å². The summed E-state index contributed by atoms with van der Waals surface area (Å²) in [6.07, 6.45) is 1.50. The minimum absolute atomic E-state index is 0.0955. The van der Waals surface area contributed by atoms with E-state index in [9.17, 15) is 19.5 Å². The van der Waals surface area contributed by atoms with Crippen molar-refractivity contribution < 1.29 is 24.2 Å². The summed E-state index contributed by atoms with van der Waals surface area (Å²) in [6, 6.07) is 8.67. The van der Waals surface area contributed by atoms with Crippen molar-refractivity contribution in [1.82, 2.24) is 4.90 Å². The van der Waals surface area contributed by atoms with Gasteiger partial charge in [-0.15, -0.1) is 0 Å². The van der Waals surface area contributed by atoms with E-state index in [2.05, 4.69) is 59.8 Å². The molecule has 1 aliphatic rings. The van der Waals surface area contributed by atoms with E-state index >= 15 is 0 Å². The molecule has 1 saturated heterocycles. The molecular weight excluding hydrogens is 655 g/mol. The number of imide groups is 1. The van der Waals surface area contributed by atoms with E-state index in [0.29, 0.717) is 20.2 Å². The third-order valence-electron chi connectivity index (χ3n) is 3.98. The second kappa shape index (κ2) is 9.71. The molecule has 3 rings (SSSR count). The van der Waals surface area contributed by atoms with E-state index in [1.807, 2.05) is 12.1 Å². The van der Waals surface area contributed by atoms with Gasteiger partial charge in [0.1, 0.15) is 6.54 Å². The van der Waals surface area contributed by atoms with Crippen molar-refractivity contribution in [3.8, 4) is 11.5 Å². The number of anilines is 1. The number of aromatic hydroxyl groups is 1. The molecule has 0 bridgehead atoms. The minimum atomic E-state index is -0.571. The number of methoxy groups -OCH3 is 1. The molecule has 3 amide bonds. The third-order valence-corrected chi connectivity index (χ3v) is 7.77. The van der Waals surface area contributed by atoms with Crippen LogP contribution < -0.4 is 10.1 Å². The number of rotatable bonds is 5. The molecule has 0 spiro atoms. The summed E-state index contributed by atoms with van der Waals surface area (Å²) < 4.78 is 6.98. The number of hydrogen-bond donors (Lipinski definition) is 2. The van der Waals surface area contributed by atoms with Crippen molar-refractivity contribution in [1.29, 1.82) is 0 Å². The summed E-state index contributed by atoms with van der Waals surface area (Å²) in [6.45, 7) is -0.391. The van der Waals surface area contributed by atoms with Crippen LogP contribution in [0.5, 0.6) is 11.5 Å². The van der Waals surface area contributed by atoms with Gasteiger partial charge in [0.2, 0.25) is 5.91 Å². The summed E-state index contributed by atoms with van der Waals surface area (Å²) in [4.78, 5) is 38.3. The van der Waals surface area contributed by atoms with Crippen molar-refractivity contribution in [2.75, 3.05) is 19.0 Å². The normalized spacial score (nSPS) is 15.1. The lowest BCUT2D eigenvalue weighted by Gasteiger charge is -2.12. The zero-order valence-electron chi connectivity index (χ0n) is 15.2. The lowest BCUT2D eigenvalue weighted by Crippen LogP contribution is -2.36. The molecular formula is C19H13Br2IN2O5S. The first-order valence-corrected chi connectivity index (χ1v) is 11.7. The molecule has 0 aliphatic carbocycles. The van der Waals surface area contributed by atoms with E-state index in [1.54, 1.807) is 12.1 Å². The molecule has 2 aromatic carbocycles. The maximum atomic E-state index is 12.7. The molecule has 2 aromatic rings. The Bertz CT molecular complexity index is 1080. The van der Waals surface area contributed by atoms with E-state index in [-0.39, 0.29) is 16.4 Å². The molecule has 1 fully saturated rings. The van der Waals surface area contributed by atoms with Gasteiger partial charge >= 0.3 is 0 Å². The van der Waals surface area contributed by atoms with Crippen molar-refractivity contribution in [2.45, 2.75) is 0 Å². The van der Waals surface area contributed by atoms with Crippen LogP contribution >= 0.6 is 66.2 Å². The van der Waals surface area contributed by atoms with Crippen LogP contribution in [0.25, 0.3) is 6.08 Å². The average Bonchev–Trinajstić information content (AvgIpc) is 2.97. The molecule has 30 heavy (non-hydrogen) atoms. The maximum absolute atomic E-state index is 12.7. The molecule has 1 heterocycles. The number of nitrogens with one attached hydrogen (secondary N) is 1. The Morgan fingerprint density at radius 2 is 1.93 bits per heavy atom. The molecule has 0 unspecified atom stereocenters. The van der Waals surface area contributed by atoms with Crippen LogP contribution in [0.4, 0.5) is 10.5 Å². The molecule has 0 aromatic heterocycles. The lowest BCUT2D eigenvalue weighted by atomic mass is 10.2. The number of thioether (sulfide) groups is 1. The van der Waals surface area contributed by atoms with Crippen LogP contribution in [0.3, 0.4) is 0 Å². The van der Waals surface area contributed by atoms with Crippen molar-refractivity contribution in [3.05, 3.63) is 53.3 Å². The summed E-state index contributed by atoms with van der Waals surface area (Å²) in [5.74, 6) is -0.942. The zero-order chi connectivity index (χ0) is 22.0. The Hall–Kier alpha value is -1.57. The molecule has 0 radical (unpaired) electrons. The van der Waals surface area contributed by atoms with Gasteiger partial charge in [-0.3, -0.25) is 19.3 Å². The molecule has 0 atom stereocenters. The molecule has 7 nitrogen and oxygen atoms in total. The molecule has 11 heteroatoms. The number of nitrogens with zero attached hydrogens (tertiary/aromatic N) is 1. The van der Waals surface area contributed by atoms with Crippen LogP contribution in [0, 0.1) is 3.57 Å². The topological polar surface area (TPSA) is 95.9 Å². The largest absolute Gasteiger partial charge is 0.503 e. The second-order valence-electron chi connectivity index (χ2n) is 5.97. The third kappa shape index (κ3) is 5.01. The molecule has 156 valence electrons. The smallest absolute Gasteiger partial charge is 0.294 e. The highest BCUT2D eigenvalue weighted by Gasteiger charge is 2.36. The SMILES string of the molecule is COc1cc(/C=C2\SC(=O)N(CC(=O)Nc3ccc(I)cc3)C2=O)c(Br)c(Br)c1O. The Balaban J connectivity index is 1.78. The van der Waals surface area contributed by atoms with E-state index < -0.39 is 23.6 Å². The fourth-order valence-corrected chi connectivity index (χ4v) is 4.56. The Morgan fingerprint density at radius 3 is 2.57 bits per heavy atom. The minimum Gasteiger partial charge on any atom is -0.503 e. The predicted molar refractivity (Wildman–Crippen MR) is 131 cm³/mol. The average molecular weight is 668 g/mol. The Labute approximate surface area is 206 Å². The summed E-state index contributed by atoms with van der Waals surface area (Å²) in [5.41, 5.74) is 1.10. The fourth-order valence-electron chi connectivity index (χ4n) is 2.53. The fraction of sp³-hybridized carbons (Fsp3) is 0.105. The number of carbonyl (C=O) groups excluding carboxylic acids is 3. The number of amides is 3. The number of phenols is 1. The van der Waals surface area contributed by atoms with Crippen LogP contribution in [-0.4, -0.2) is 40.7 Å². The number of phenolic OH excluding ortho intramolecular Hbond substituents is 1. The highest BCUT2D eigenvalue weighted by Crippen LogP contribution is 2.43. The van der Waals surface area contributed by atoms with Crippen molar-refractivity contribution in [3.63, 3.8) is 0 Å². The van der Waals surface area contributed by atoms with Gasteiger partial charge in [-0.2, -0.15) is 0 Å². The standard InChI is InChI=1S/C19H13Br2IN2O5S/c1-29-12-6-9(15(20)16(21)17(12)26)7-13-18(27)24(19(28)30-13)8-14(25)23-11-4-2-10(22)3-5-11/h2-7,26H,8H2,1H3,(H,23,25)/b13-7-. The first-order chi connectivity index (χ1) is 14.2. The van der Waals surface area contributed by atoms with E-state index in [1.165, 1.54) is 19.3 Å². The summed E-state index contributed by atoms with van der Waals surface area (Å²) in [7, 11) is 1.40. The number of carbonyl (C=O) groups is 3. The first kappa shape index (κ1) is 23.1. The number of benzene rings is 2. The number of halogens is 3. The zero-order valence-corrected chi connectivity index (χ0v) is 21.4. The van der Waals surface area contributed by atoms with Gasteiger partial charge < -0.3 is 15.2 Å². The van der Waals surface area contributed by atoms with Crippen LogP contribution in [0.2, 0.25) is 0 Å². The van der Waals surface area contributed by atoms with E-state index in [0.717, 1.165) is 20.2 Å². The van der Waals surface area contributed by atoms with Gasteiger partial charge in [0.15, 0.2) is 11.5 Å². The first-order valence-electron chi connectivity index (χ1n) is 8.27. The molecule has 2 N–H and O–H groups in total. The highest BCUT2D eigenvalue weighted by molar-refractivity contribution is 14.1. The second-order valence-corrected chi connectivity index (χ2v) is 9.79. The maximum Gasteiger partial charge on any atom is 0.294 e. The van der Waals surface area contributed by atoms with Gasteiger partial charge in [0.25, 0.3) is 11.1 Å².